The van der Waals surface area contributed by atoms with E-state index in [1.807, 2.05) is 0 Å². The summed E-state index contributed by atoms with van der Waals surface area (Å²) in [5, 5.41) is 17.2. The van der Waals surface area contributed by atoms with E-state index in [9.17, 15) is 9.59 Å². The van der Waals surface area contributed by atoms with Crippen molar-refractivity contribution in [1.82, 2.24) is 0 Å². The van der Waals surface area contributed by atoms with Crippen molar-refractivity contribution in [3.05, 3.63) is 0 Å². The lowest BCUT2D eigenvalue weighted by atomic mass is 9.89. The molecule has 0 aromatic heterocycles. The zero-order chi connectivity index (χ0) is 10.6. The molecule has 0 aliphatic carbocycles. The zero-order valence-electron chi connectivity index (χ0n) is 7.81. The summed E-state index contributed by atoms with van der Waals surface area (Å²) in [6, 6.07) is 0. The molecule has 1 heterocycles. The molecule has 0 saturated carbocycles. The molecule has 1 saturated heterocycles. The van der Waals surface area contributed by atoms with Gasteiger partial charge in [0.25, 0.3) is 0 Å². The SMILES string of the molecule is O=C(O)CC1CCCOC1CC(=O)O. The zero-order valence-corrected chi connectivity index (χ0v) is 7.81. The van der Waals surface area contributed by atoms with Gasteiger partial charge < -0.3 is 14.9 Å². The Hall–Kier alpha value is -1.10. The van der Waals surface area contributed by atoms with Gasteiger partial charge in [-0.3, -0.25) is 9.59 Å². The van der Waals surface area contributed by atoms with Crippen LogP contribution in [0.15, 0.2) is 0 Å². The van der Waals surface area contributed by atoms with Gasteiger partial charge in [-0.15, -0.1) is 0 Å². The lowest BCUT2D eigenvalue weighted by molar-refractivity contribution is -0.147. The van der Waals surface area contributed by atoms with E-state index >= 15 is 0 Å². The van der Waals surface area contributed by atoms with Gasteiger partial charge in [0, 0.05) is 6.61 Å². The first-order chi connectivity index (χ1) is 6.59. The summed E-state index contributed by atoms with van der Waals surface area (Å²) in [7, 11) is 0. The number of carboxylic acid groups (broad SMARTS) is 2. The quantitative estimate of drug-likeness (QED) is 0.702. The number of aliphatic carboxylic acids is 2. The number of hydrogen-bond donors (Lipinski definition) is 2. The molecule has 2 unspecified atom stereocenters. The van der Waals surface area contributed by atoms with Crippen LogP contribution < -0.4 is 0 Å². The van der Waals surface area contributed by atoms with Crippen LogP contribution in [0.1, 0.15) is 25.7 Å². The summed E-state index contributed by atoms with van der Waals surface area (Å²) in [5.74, 6) is -1.99. The summed E-state index contributed by atoms with van der Waals surface area (Å²) in [5.41, 5.74) is 0. The fourth-order valence-corrected chi connectivity index (χ4v) is 1.76. The third-order valence-corrected chi connectivity index (χ3v) is 2.39. The smallest absolute Gasteiger partial charge is 0.305 e. The van der Waals surface area contributed by atoms with Crippen LogP contribution in [0.25, 0.3) is 0 Å². The Labute approximate surface area is 81.7 Å². The largest absolute Gasteiger partial charge is 0.481 e. The Morgan fingerprint density at radius 1 is 1.21 bits per heavy atom. The van der Waals surface area contributed by atoms with Crippen molar-refractivity contribution in [3.8, 4) is 0 Å². The van der Waals surface area contributed by atoms with E-state index in [0.717, 1.165) is 12.8 Å². The van der Waals surface area contributed by atoms with Crippen molar-refractivity contribution < 1.29 is 24.5 Å². The molecular formula is C9H14O5. The van der Waals surface area contributed by atoms with E-state index in [0.29, 0.717) is 6.61 Å². The van der Waals surface area contributed by atoms with Gasteiger partial charge in [0.15, 0.2) is 0 Å². The summed E-state index contributed by atoms with van der Waals surface area (Å²) in [4.78, 5) is 21.0. The van der Waals surface area contributed by atoms with Gasteiger partial charge in [-0.1, -0.05) is 0 Å². The summed E-state index contributed by atoms with van der Waals surface area (Å²) < 4.78 is 5.26. The predicted octanol–water partition coefficient (Wildman–Crippen LogP) is 0.731. The Balaban J connectivity index is 2.49. The summed E-state index contributed by atoms with van der Waals surface area (Å²) in [6.07, 6.45) is 1.02. The molecule has 1 aliphatic heterocycles. The van der Waals surface area contributed by atoms with Crippen molar-refractivity contribution in [2.24, 2.45) is 5.92 Å². The highest BCUT2D eigenvalue weighted by Gasteiger charge is 2.29. The minimum atomic E-state index is -0.938. The molecule has 0 aromatic carbocycles. The van der Waals surface area contributed by atoms with Crippen molar-refractivity contribution in [2.45, 2.75) is 31.8 Å². The van der Waals surface area contributed by atoms with Crippen LogP contribution in [0, 0.1) is 5.92 Å². The second-order valence-corrected chi connectivity index (χ2v) is 3.51. The molecule has 5 nitrogen and oxygen atoms in total. The van der Waals surface area contributed by atoms with Gasteiger partial charge in [0.2, 0.25) is 0 Å². The Morgan fingerprint density at radius 2 is 1.86 bits per heavy atom. The molecule has 0 amide bonds. The molecule has 1 rings (SSSR count). The van der Waals surface area contributed by atoms with Gasteiger partial charge in [-0.25, -0.2) is 0 Å². The van der Waals surface area contributed by atoms with Gasteiger partial charge in [0.1, 0.15) is 0 Å². The Kier molecular flexibility index (Phi) is 3.88. The standard InChI is InChI=1S/C9H14O5/c10-8(11)4-6-2-1-3-14-7(6)5-9(12)13/h6-7H,1-5H2,(H,10,11)(H,12,13). The van der Waals surface area contributed by atoms with Crippen molar-refractivity contribution in [3.63, 3.8) is 0 Å². The van der Waals surface area contributed by atoms with E-state index in [4.69, 9.17) is 14.9 Å². The predicted molar refractivity (Wildman–Crippen MR) is 47.0 cm³/mol. The van der Waals surface area contributed by atoms with Crippen LogP contribution in [0.4, 0.5) is 0 Å². The monoisotopic (exact) mass is 202 g/mol. The fourth-order valence-electron chi connectivity index (χ4n) is 1.76. The molecule has 0 radical (unpaired) electrons. The highest BCUT2D eigenvalue weighted by molar-refractivity contribution is 5.69. The van der Waals surface area contributed by atoms with Crippen LogP contribution >= 0.6 is 0 Å². The van der Waals surface area contributed by atoms with Gasteiger partial charge in [-0.05, 0) is 18.8 Å². The molecule has 1 aliphatic rings. The maximum Gasteiger partial charge on any atom is 0.305 e. The van der Waals surface area contributed by atoms with E-state index < -0.39 is 18.0 Å². The first-order valence-electron chi connectivity index (χ1n) is 4.65. The molecular weight excluding hydrogens is 188 g/mol. The average molecular weight is 202 g/mol. The topological polar surface area (TPSA) is 83.8 Å². The fraction of sp³-hybridized carbons (Fsp3) is 0.778. The first kappa shape index (κ1) is 11.0. The van der Waals surface area contributed by atoms with E-state index in [-0.39, 0.29) is 18.8 Å². The third-order valence-electron chi connectivity index (χ3n) is 2.39. The maximum absolute atomic E-state index is 10.5. The van der Waals surface area contributed by atoms with Crippen LogP contribution in [0.3, 0.4) is 0 Å². The normalized spacial score (nSPS) is 27.1. The van der Waals surface area contributed by atoms with Gasteiger partial charge >= 0.3 is 11.9 Å². The number of carboxylic acids is 2. The van der Waals surface area contributed by atoms with Gasteiger partial charge in [0.05, 0.1) is 18.9 Å². The molecule has 0 bridgehead atoms. The highest BCUT2D eigenvalue weighted by Crippen LogP contribution is 2.26. The maximum atomic E-state index is 10.5. The third kappa shape index (κ3) is 3.33. The van der Waals surface area contributed by atoms with E-state index in [2.05, 4.69) is 0 Å². The minimum Gasteiger partial charge on any atom is -0.481 e. The molecule has 1 fully saturated rings. The lowest BCUT2D eigenvalue weighted by Gasteiger charge is -2.29. The first-order valence-corrected chi connectivity index (χ1v) is 4.65. The second kappa shape index (κ2) is 4.95. The van der Waals surface area contributed by atoms with E-state index in [1.165, 1.54) is 0 Å². The average Bonchev–Trinajstić information content (AvgIpc) is 2.06. The van der Waals surface area contributed by atoms with Crippen LogP contribution in [-0.4, -0.2) is 34.9 Å². The molecule has 14 heavy (non-hydrogen) atoms. The number of rotatable bonds is 4. The van der Waals surface area contributed by atoms with Crippen LogP contribution in [-0.2, 0) is 14.3 Å². The van der Waals surface area contributed by atoms with Crippen molar-refractivity contribution >= 4 is 11.9 Å². The van der Waals surface area contributed by atoms with Crippen LogP contribution in [0.5, 0.6) is 0 Å². The summed E-state index contributed by atoms with van der Waals surface area (Å²) >= 11 is 0. The molecule has 0 aromatic rings. The molecule has 2 N–H and O–H groups in total. The van der Waals surface area contributed by atoms with E-state index in [1.54, 1.807) is 0 Å². The number of carbonyl (C=O) groups is 2. The van der Waals surface area contributed by atoms with Crippen molar-refractivity contribution in [1.29, 1.82) is 0 Å². The van der Waals surface area contributed by atoms with Gasteiger partial charge in [-0.2, -0.15) is 0 Å². The summed E-state index contributed by atoms with van der Waals surface area (Å²) in [6.45, 7) is 0.536. The van der Waals surface area contributed by atoms with Crippen molar-refractivity contribution in [2.75, 3.05) is 6.61 Å². The highest BCUT2D eigenvalue weighted by atomic mass is 16.5. The lowest BCUT2D eigenvalue weighted by Crippen LogP contribution is -2.33. The Morgan fingerprint density at radius 3 is 2.43 bits per heavy atom. The van der Waals surface area contributed by atoms with Crippen LogP contribution in [0.2, 0.25) is 0 Å². The Bertz CT molecular complexity index is 201. The number of hydrogen-bond acceptors (Lipinski definition) is 3. The minimum absolute atomic E-state index is 0.00204. The number of ether oxygens (including phenoxy) is 1. The molecule has 80 valence electrons. The molecule has 5 heteroatoms. The molecule has 0 spiro atoms. The molecule has 2 atom stereocenters. The second-order valence-electron chi connectivity index (χ2n) is 3.51.